The van der Waals surface area contributed by atoms with Crippen LogP contribution in [-0.4, -0.2) is 18.4 Å². The van der Waals surface area contributed by atoms with E-state index in [1.807, 2.05) is 0 Å². The topological polar surface area (TPSA) is 72.2 Å². The van der Waals surface area contributed by atoms with Crippen LogP contribution in [0.1, 0.15) is 5.56 Å². The molecule has 2 amide bonds. The lowest BCUT2D eigenvalue weighted by atomic mass is 10.1. The summed E-state index contributed by atoms with van der Waals surface area (Å²) in [6.07, 6.45) is 0.551. The zero-order valence-corrected chi connectivity index (χ0v) is 9.81. The first-order valence-electron chi connectivity index (χ1n) is 4.52. The van der Waals surface area contributed by atoms with Gasteiger partial charge in [-0.05, 0) is 24.1 Å². The van der Waals surface area contributed by atoms with Crippen LogP contribution in [0.3, 0.4) is 0 Å². The molecule has 86 valence electrons. The van der Waals surface area contributed by atoms with Gasteiger partial charge in [-0.25, -0.2) is 0 Å². The normalized spacial score (nSPS) is 9.88. The van der Waals surface area contributed by atoms with E-state index in [0.717, 1.165) is 5.56 Å². The first-order valence-corrected chi connectivity index (χ1v) is 5.28. The van der Waals surface area contributed by atoms with Crippen LogP contribution in [0.2, 0.25) is 10.0 Å². The molecule has 4 nitrogen and oxygen atoms in total. The van der Waals surface area contributed by atoms with Gasteiger partial charge in [-0.2, -0.15) is 0 Å². The van der Waals surface area contributed by atoms with Gasteiger partial charge in [0, 0.05) is 6.54 Å². The first kappa shape index (κ1) is 12.8. The van der Waals surface area contributed by atoms with Gasteiger partial charge in [0.1, 0.15) is 0 Å². The largest absolute Gasteiger partial charge is 0.361 e. The summed E-state index contributed by atoms with van der Waals surface area (Å²) >= 11 is 11.6. The molecule has 3 N–H and O–H groups in total. The molecule has 0 aromatic heterocycles. The number of rotatable bonds is 3. The van der Waals surface area contributed by atoms with E-state index in [0.29, 0.717) is 23.0 Å². The summed E-state index contributed by atoms with van der Waals surface area (Å²) in [7, 11) is 0. The number of carbonyl (C=O) groups is 2. The smallest absolute Gasteiger partial charge is 0.309 e. The molecule has 0 radical (unpaired) electrons. The summed E-state index contributed by atoms with van der Waals surface area (Å²) in [4.78, 5) is 21.2. The summed E-state index contributed by atoms with van der Waals surface area (Å²) in [5, 5.41) is 3.31. The van der Waals surface area contributed by atoms with Crippen LogP contribution in [0.25, 0.3) is 0 Å². The molecule has 1 aromatic carbocycles. The molecule has 16 heavy (non-hydrogen) atoms. The van der Waals surface area contributed by atoms with Crippen molar-refractivity contribution in [2.45, 2.75) is 6.42 Å². The van der Waals surface area contributed by atoms with Crippen LogP contribution < -0.4 is 11.1 Å². The third-order valence-corrected chi connectivity index (χ3v) is 2.65. The summed E-state index contributed by atoms with van der Waals surface area (Å²) < 4.78 is 0. The molecular weight excluding hydrogens is 251 g/mol. The maximum absolute atomic E-state index is 10.8. The van der Waals surface area contributed by atoms with Crippen molar-refractivity contribution in [2.24, 2.45) is 5.73 Å². The summed E-state index contributed by atoms with van der Waals surface area (Å²) in [6, 6.07) is 5.18. The Kier molecular flexibility index (Phi) is 4.58. The Morgan fingerprint density at radius 2 is 1.94 bits per heavy atom. The van der Waals surface area contributed by atoms with E-state index in [4.69, 9.17) is 28.9 Å². The molecule has 0 spiro atoms. The number of nitrogens with two attached hydrogens (primary N) is 1. The van der Waals surface area contributed by atoms with Crippen molar-refractivity contribution in [1.29, 1.82) is 0 Å². The Balaban J connectivity index is 2.46. The van der Waals surface area contributed by atoms with E-state index >= 15 is 0 Å². The number of carbonyl (C=O) groups excluding carboxylic acids is 2. The first-order chi connectivity index (χ1) is 7.50. The average Bonchev–Trinajstić information content (AvgIpc) is 2.23. The van der Waals surface area contributed by atoms with E-state index < -0.39 is 11.8 Å². The predicted molar refractivity (Wildman–Crippen MR) is 62.4 cm³/mol. The zero-order valence-electron chi connectivity index (χ0n) is 8.30. The van der Waals surface area contributed by atoms with Gasteiger partial charge in [0.25, 0.3) is 0 Å². The van der Waals surface area contributed by atoms with Gasteiger partial charge in [0.2, 0.25) is 0 Å². The van der Waals surface area contributed by atoms with Crippen LogP contribution in [0, 0.1) is 0 Å². The molecule has 0 heterocycles. The number of primary amides is 1. The van der Waals surface area contributed by atoms with Crippen LogP contribution in [0.5, 0.6) is 0 Å². The Morgan fingerprint density at radius 1 is 1.25 bits per heavy atom. The molecule has 0 bridgehead atoms. The zero-order chi connectivity index (χ0) is 12.1. The van der Waals surface area contributed by atoms with Crippen molar-refractivity contribution >= 4 is 35.0 Å². The van der Waals surface area contributed by atoms with Crippen molar-refractivity contribution in [1.82, 2.24) is 5.32 Å². The minimum atomic E-state index is -0.992. The fourth-order valence-corrected chi connectivity index (χ4v) is 1.42. The van der Waals surface area contributed by atoms with Gasteiger partial charge in [-0.1, -0.05) is 29.3 Å². The highest BCUT2D eigenvalue weighted by molar-refractivity contribution is 6.42. The standard InChI is InChI=1S/C10H10Cl2N2O2/c11-7-2-1-6(5-8(7)12)3-4-14-10(16)9(13)15/h1-2,5H,3-4H2,(H2,13,15)(H,14,16). The Hall–Kier alpha value is -1.26. The summed E-state index contributed by atoms with van der Waals surface area (Å²) in [5.74, 6) is -1.78. The third kappa shape index (κ3) is 3.72. The fraction of sp³-hybridized carbons (Fsp3) is 0.200. The molecule has 0 saturated heterocycles. The minimum absolute atomic E-state index is 0.319. The second-order valence-electron chi connectivity index (χ2n) is 3.12. The molecule has 0 aliphatic rings. The van der Waals surface area contributed by atoms with E-state index in [-0.39, 0.29) is 0 Å². The highest BCUT2D eigenvalue weighted by atomic mass is 35.5. The third-order valence-electron chi connectivity index (χ3n) is 1.91. The Morgan fingerprint density at radius 3 is 2.50 bits per heavy atom. The van der Waals surface area contributed by atoms with Gasteiger partial charge in [-0.15, -0.1) is 0 Å². The molecule has 0 fully saturated rings. The Labute approximate surface area is 103 Å². The van der Waals surface area contributed by atoms with Crippen molar-refractivity contribution < 1.29 is 9.59 Å². The van der Waals surface area contributed by atoms with E-state index in [9.17, 15) is 9.59 Å². The lowest BCUT2D eigenvalue weighted by molar-refractivity contribution is -0.137. The minimum Gasteiger partial charge on any atom is -0.361 e. The summed E-state index contributed by atoms with van der Waals surface area (Å²) in [5.41, 5.74) is 5.69. The molecule has 0 unspecified atom stereocenters. The number of benzene rings is 1. The molecule has 1 rings (SSSR count). The molecule has 0 aliphatic carbocycles. The van der Waals surface area contributed by atoms with E-state index in [2.05, 4.69) is 5.32 Å². The van der Waals surface area contributed by atoms with Crippen molar-refractivity contribution in [3.63, 3.8) is 0 Å². The second kappa shape index (κ2) is 5.72. The monoisotopic (exact) mass is 260 g/mol. The van der Waals surface area contributed by atoms with Crippen LogP contribution >= 0.6 is 23.2 Å². The maximum Gasteiger partial charge on any atom is 0.309 e. The molecule has 0 aliphatic heterocycles. The van der Waals surface area contributed by atoms with Gasteiger partial charge in [-0.3, -0.25) is 9.59 Å². The molecular formula is C10H10Cl2N2O2. The molecule has 1 aromatic rings. The SMILES string of the molecule is NC(=O)C(=O)NCCc1ccc(Cl)c(Cl)c1. The van der Waals surface area contributed by atoms with Crippen LogP contribution in [0.15, 0.2) is 18.2 Å². The number of amides is 2. The fourth-order valence-electron chi connectivity index (χ4n) is 1.10. The van der Waals surface area contributed by atoms with Crippen molar-refractivity contribution in [3.05, 3.63) is 33.8 Å². The lowest BCUT2D eigenvalue weighted by Crippen LogP contribution is -2.37. The predicted octanol–water partition coefficient (Wildman–Crippen LogP) is 1.14. The van der Waals surface area contributed by atoms with E-state index in [1.165, 1.54) is 0 Å². The highest BCUT2D eigenvalue weighted by Gasteiger charge is 2.07. The number of nitrogens with one attached hydrogen (secondary N) is 1. The van der Waals surface area contributed by atoms with Crippen molar-refractivity contribution in [3.8, 4) is 0 Å². The number of hydrogen-bond acceptors (Lipinski definition) is 2. The quantitative estimate of drug-likeness (QED) is 0.801. The van der Waals surface area contributed by atoms with E-state index in [1.54, 1.807) is 18.2 Å². The van der Waals surface area contributed by atoms with Crippen molar-refractivity contribution in [2.75, 3.05) is 6.54 Å². The maximum atomic E-state index is 10.8. The molecule has 0 atom stereocenters. The Bertz CT molecular complexity index is 421. The average molecular weight is 261 g/mol. The van der Waals surface area contributed by atoms with Crippen LogP contribution in [0.4, 0.5) is 0 Å². The summed E-state index contributed by atoms with van der Waals surface area (Å²) in [6.45, 7) is 0.319. The number of hydrogen-bond donors (Lipinski definition) is 2. The van der Waals surface area contributed by atoms with Gasteiger partial charge >= 0.3 is 11.8 Å². The van der Waals surface area contributed by atoms with Gasteiger partial charge in [0.15, 0.2) is 0 Å². The van der Waals surface area contributed by atoms with Gasteiger partial charge in [0.05, 0.1) is 10.0 Å². The molecule has 0 saturated carbocycles. The molecule has 6 heteroatoms. The second-order valence-corrected chi connectivity index (χ2v) is 3.93. The highest BCUT2D eigenvalue weighted by Crippen LogP contribution is 2.22. The van der Waals surface area contributed by atoms with Gasteiger partial charge < -0.3 is 11.1 Å². The van der Waals surface area contributed by atoms with Crippen LogP contribution in [-0.2, 0) is 16.0 Å². The number of halogens is 2. The lowest BCUT2D eigenvalue weighted by Gasteiger charge is -2.04.